The maximum atomic E-state index is 12.3. The van der Waals surface area contributed by atoms with Crippen molar-refractivity contribution in [3.05, 3.63) is 84.9 Å². The molecule has 0 radical (unpaired) electrons. The highest BCUT2D eigenvalue weighted by Gasteiger charge is 2.16. The molecular weight excluding hydrogens is 560 g/mol. The van der Waals surface area contributed by atoms with Crippen molar-refractivity contribution in [2.24, 2.45) is 10.2 Å². The van der Waals surface area contributed by atoms with E-state index in [1.165, 1.54) is 33.9 Å². The largest absolute Gasteiger partial charge is 0.395 e. The van der Waals surface area contributed by atoms with Crippen LogP contribution in [-0.2, 0) is 16.4 Å². The van der Waals surface area contributed by atoms with E-state index >= 15 is 0 Å². The van der Waals surface area contributed by atoms with Crippen molar-refractivity contribution >= 4 is 48.7 Å². The van der Waals surface area contributed by atoms with Crippen LogP contribution in [0.15, 0.2) is 100 Å². The molecular formula is C34H38N4O4S. The molecule has 0 fully saturated rings. The minimum Gasteiger partial charge on any atom is -0.395 e. The number of aliphatic hydroxyl groups is 2. The Morgan fingerprint density at radius 2 is 1.58 bits per heavy atom. The molecule has 5 aromatic rings. The lowest BCUT2D eigenvalue weighted by atomic mass is 10.00. The van der Waals surface area contributed by atoms with E-state index in [9.17, 15) is 13.5 Å². The molecule has 9 heteroatoms. The van der Waals surface area contributed by atoms with E-state index in [4.69, 9.17) is 5.11 Å². The second kappa shape index (κ2) is 13.5. The Hall–Kier alpha value is -4.05. The quantitative estimate of drug-likeness (QED) is 0.139. The van der Waals surface area contributed by atoms with Gasteiger partial charge in [-0.3, -0.25) is 0 Å². The Kier molecular flexibility index (Phi) is 9.55. The number of nitrogens with zero attached hydrogens (tertiary/aromatic N) is 4. The highest BCUT2D eigenvalue weighted by molar-refractivity contribution is 7.91. The summed E-state index contributed by atoms with van der Waals surface area (Å²) in [5, 5.41) is 30.1. The van der Waals surface area contributed by atoms with Crippen LogP contribution in [0.2, 0.25) is 0 Å². The highest BCUT2D eigenvalue weighted by atomic mass is 32.2. The third-order valence-electron chi connectivity index (χ3n) is 7.74. The number of sulfone groups is 1. The fourth-order valence-electron chi connectivity index (χ4n) is 5.48. The second-order valence-electron chi connectivity index (χ2n) is 10.5. The number of anilines is 1. The molecule has 0 saturated carbocycles. The first kappa shape index (κ1) is 30.4. The van der Waals surface area contributed by atoms with Crippen LogP contribution in [-0.4, -0.2) is 55.3 Å². The summed E-state index contributed by atoms with van der Waals surface area (Å²) >= 11 is 0. The predicted molar refractivity (Wildman–Crippen MR) is 175 cm³/mol. The van der Waals surface area contributed by atoms with Crippen molar-refractivity contribution in [1.29, 1.82) is 0 Å². The van der Waals surface area contributed by atoms with Gasteiger partial charge in [0.05, 0.1) is 35.2 Å². The minimum absolute atomic E-state index is 0.0534. The van der Waals surface area contributed by atoms with E-state index in [1.54, 1.807) is 12.1 Å². The van der Waals surface area contributed by atoms with Crippen LogP contribution < -0.4 is 4.90 Å². The van der Waals surface area contributed by atoms with Gasteiger partial charge in [0.1, 0.15) is 0 Å². The predicted octanol–water partition coefficient (Wildman–Crippen LogP) is 7.26. The Labute approximate surface area is 252 Å². The summed E-state index contributed by atoms with van der Waals surface area (Å²) in [7, 11) is -3.54. The molecule has 0 aliphatic rings. The van der Waals surface area contributed by atoms with E-state index in [-0.39, 0.29) is 17.3 Å². The molecule has 0 atom stereocenters. The second-order valence-corrected chi connectivity index (χ2v) is 12.6. The van der Waals surface area contributed by atoms with Crippen molar-refractivity contribution in [2.45, 2.75) is 38.1 Å². The smallest absolute Gasteiger partial charge is 0.180 e. The third kappa shape index (κ3) is 6.49. The number of rotatable bonds is 13. The molecule has 0 unspecified atom stereocenters. The van der Waals surface area contributed by atoms with Gasteiger partial charge in [-0.15, -0.1) is 5.11 Å². The summed E-state index contributed by atoms with van der Waals surface area (Å²) in [5.41, 5.74) is 6.51. The van der Waals surface area contributed by atoms with Crippen LogP contribution in [0, 0.1) is 0 Å². The van der Waals surface area contributed by atoms with Gasteiger partial charge in [0.2, 0.25) is 0 Å². The van der Waals surface area contributed by atoms with Crippen LogP contribution in [0.3, 0.4) is 0 Å². The molecule has 0 aliphatic carbocycles. The molecule has 224 valence electrons. The van der Waals surface area contributed by atoms with Gasteiger partial charge in [0, 0.05) is 52.7 Å². The molecule has 8 nitrogen and oxygen atoms in total. The minimum atomic E-state index is -3.54. The Balaban J connectivity index is 1.60. The van der Waals surface area contributed by atoms with Gasteiger partial charge in [-0.05, 0) is 79.6 Å². The number of hydrogen-bond acceptors (Lipinski definition) is 7. The number of benzene rings is 4. The maximum absolute atomic E-state index is 12.3. The van der Waals surface area contributed by atoms with E-state index in [1.807, 2.05) is 12.1 Å². The van der Waals surface area contributed by atoms with Gasteiger partial charge in [0.25, 0.3) is 0 Å². The fourth-order valence-corrected chi connectivity index (χ4v) is 6.50. The van der Waals surface area contributed by atoms with Crippen molar-refractivity contribution < 1.29 is 18.6 Å². The first-order valence-corrected chi connectivity index (χ1v) is 16.4. The normalized spacial score (nSPS) is 12.1. The van der Waals surface area contributed by atoms with Gasteiger partial charge in [-0.25, -0.2) is 8.42 Å². The van der Waals surface area contributed by atoms with E-state index in [0.29, 0.717) is 17.9 Å². The van der Waals surface area contributed by atoms with Crippen LogP contribution in [0.1, 0.15) is 26.7 Å². The summed E-state index contributed by atoms with van der Waals surface area (Å²) in [6.45, 7) is 6.12. The number of azo groups is 1. The molecule has 2 N–H and O–H groups in total. The summed E-state index contributed by atoms with van der Waals surface area (Å²) in [4.78, 5) is 2.26. The number of unbranched alkanes of at least 4 members (excludes halogenated alkanes) is 1. The summed E-state index contributed by atoms with van der Waals surface area (Å²) < 4.78 is 27.0. The molecule has 0 bridgehead atoms. The molecule has 1 heterocycles. The summed E-state index contributed by atoms with van der Waals surface area (Å²) in [6, 6.07) is 27.3. The van der Waals surface area contributed by atoms with Crippen LogP contribution in [0.25, 0.3) is 32.9 Å². The van der Waals surface area contributed by atoms with Crippen LogP contribution in [0.4, 0.5) is 17.1 Å². The Morgan fingerprint density at radius 3 is 2.30 bits per heavy atom. The first-order valence-electron chi connectivity index (χ1n) is 14.8. The SMILES string of the molecule is CCCCn1c2ccccc2c2cc(-c3cc(N(CC)CCO)ccc3N=Nc3ccc(S(=O)(=O)CCO)cc3)ccc21. The highest BCUT2D eigenvalue weighted by Crippen LogP contribution is 2.39. The molecule has 0 aliphatic heterocycles. The summed E-state index contributed by atoms with van der Waals surface area (Å²) in [6.07, 6.45) is 2.23. The molecule has 43 heavy (non-hydrogen) atoms. The van der Waals surface area contributed by atoms with E-state index in [0.717, 1.165) is 42.7 Å². The Morgan fingerprint density at radius 1 is 0.814 bits per heavy atom. The Bertz CT molecular complexity index is 1850. The molecule has 4 aromatic carbocycles. The lowest BCUT2D eigenvalue weighted by molar-refractivity contribution is 0.302. The average Bonchev–Trinajstić information content (AvgIpc) is 3.34. The number of para-hydroxylation sites is 1. The lowest BCUT2D eigenvalue weighted by Gasteiger charge is -2.23. The summed E-state index contributed by atoms with van der Waals surface area (Å²) in [5.74, 6) is -0.323. The molecule has 1 aromatic heterocycles. The molecule has 0 amide bonds. The number of likely N-dealkylation sites (N-methyl/N-ethyl adjacent to an activating group) is 1. The van der Waals surface area contributed by atoms with Crippen molar-refractivity contribution in [1.82, 2.24) is 4.57 Å². The number of aryl methyl sites for hydroxylation is 1. The van der Waals surface area contributed by atoms with Crippen molar-refractivity contribution in [3.63, 3.8) is 0 Å². The third-order valence-corrected chi connectivity index (χ3v) is 9.46. The van der Waals surface area contributed by atoms with Gasteiger partial charge in [-0.1, -0.05) is 37.6 Å². The standard InChI is InChI=1S/C34H38N4O4S/c1-3-5-18-38-33-9-7-6-8-29(33)31-23-25(10-17-34(31)38)30-24-27(37(4-2)19-20-39)13-16-32(30)36-35-26-11-14-28(15-12-26)43(41,42)22-21-40/h6-17,23-24,39-40H,3-5,18-22H2,1-2H3. The van der Waals surface area contributed by atoms with Crippen molar-refractivity contribution in [2.75, 3.05) is 37.0 Å². The average molecular weight is 599 g/mol. The first-order chi connectivity index (χ1) is 20.9. The number of aliphatic hydroxyl groups excluding tert-OH is 2. The fraction of sp³-hybridized carbons (Fsp3) is 0.294. The van der Waals surface area contributed by atoms with Crippen LogP contribution in [0.5, 0.6) is 0 Å². The van der Waals surface area contributed by atoms with E-state index in [2.05, 4.69) is 82.1 Å². The maximum Gasteiger partial charge on any atom is 0.180 e. The van der Waals surface area contributed by atoms with Gasteiger partial charge < -0.3 is 19.7 Å². The zero-order chi connectivity index (χ0) is 30.4. The molecule has 0 spiro atoms. The zero-order valence-electron chi connectivity index (χ0n) is 24.6. The monoisotopic (exact) mass is 598 g/mol. The van der Waals surface area contributed by atoms with Gasteiger partial charge >= 0.3 is 0 Å². The number of aromatic nitrogens is 1. The van der Waals surface area contributed by atoms with Gasteiger partial charge in [-0.2, -0.15) is 5.11 Å². The number of hydrogen-bond donors (Lipinski definition) is 2. The van der Waals surface area contributed by atoms with Crippen LogP contribution >= 0.6 is 0 Å². The zero-order valence-corrected chi connectivity index (χ0v) is 25.5. The molecule has 5 rings (SSSR count). The lowest BCUT2D eigenvalue weighted by Crippen LogP contribution is -2.26. The van der Waals surface area contributed by atoms with Gasteiger partial charge in [0.15, 0.2) is 9.84 Å². The number of fused-ring (bicyclic) bond motifs is 3. The topological polar surface area (TPSA) is 107 Å². The van der Waals surface area contributed by atoms with E-state index < -0.39 is 16.4 Å². The molecule has 0 saturated heterocycles. The van der Waals surface area contributed by atoms with Crippen molar-refractivity contribution in [3.8, 4) is 11.1 Å².